The molecule has 0 saturated carbocycles. The molecule has 1 rings (SSSR count). The van der Waals surface area contributed by atoms with Crippen LogP contribution in [0.5, 0.6) is 0 Å². The third-order valence-electron chi connectivity index (χ3n) is 2.61. The predicted octanol–water partition coefficient (Wildman–Crippen LogP) is 2.74. The zero-order valence-corrected chi connectivity index (χ0v) is 12.3. The molecule has 0 saturated heterocycles. The van der Waals surface area contributed by atoms with Crippen LogP contribution in [0, 0.1) is 0 Å². The second-order valence-corrected chi connectivity index (χ2v) is 5.16. The Kier molecular flexibility index (Phi) is 11.1. The molecule has 1 heterocycles. The Morgan fingerprint density at radius 3 is 2.78 bits per heavy atom. The summed E-state index contributed by atoms with van der Waals surface area (Å²) < 4.78 is 0. The fraction of sp³-hybridized carbons (Fsp3) is 0.615. The normalized spacial score (nSPS) is 9.83. The standard InChI is InChI=1S/C13H22N2OS.ClH/c14-9-5-10-15-13(16)8-3-1-2-6-12-7-4-11-17-12;/h4,7,11H,1-3,5-6,8-10,14H2,(H,15,16);1H. The predicted molar refractivity (Wildman–Crippen MR) is 80.4 cm³/mol. The quantitative estimate of drug-likeness (QED) is 0.687. The molecule has 0 aliphatic heterocycles. The van der Waals surface area contributed by atoms with Crippen molar-refractivity contribution in [1.29, 1.82) is 0 Å². The highest BCUT2D eigenvalue weighted by Gasteiger charge is 2.00. The van der Waals surface area contributed by atoms with Gasteiger partial charge in [0.1, 0.15) is 0 Å². The van der Waals surface area contributed by atoms with E-state index in [1.54, 1.807) is 0 Å². The molecule has 1 amide bonds. The van der Waals surface area contributed by atoms with Crippen LogP contribution < -0.4 is 11.1 Å². The average molecular weight is 291 g/mol. The highest BCUT2D eigenvalue weighted by atomic mass is 35.5. The summed E-state index contributed by atoms with van der Waals surface area (Å²) >= 11 is 1.81. The fourth-order valence-electron chi connectivity index (χ4n) is 1.63. The number of nitrogens with one attached hydrogen (secondary N) is 1. The zero-order valence-electron chi connectivity index (χ0n) is 10.7. The van der Waals surface area contributed by atoms with Gasteiger partial charge in [0.15, 0.2) is 0 Å². The number of aryl methyl sites for hydroxylation is 1. The van der Waals surface area contributed by atoms with Crippen LogP contribution in [-0.2, 0) is 11.2 Å². The van der Waals surface area contributed by atoms with Crippen molar-refractivity contribution in [2.45, 2.75) is 38.5 Å². The number of hydrogen-bond donors (Lipinski definition) is 2. The van der Waals surface area contributed by atoms with Crippen LogP contribution >= 0.6 is 23.7 Å². The third kappa shape index (κ3) is 8.50. The van der Waals surface area contributed by atoms with Crippen LogP contribution in [0.15, 0.2) is 17.5 Å². The van der Waals surface area contributed by atoms with Gasteiger partial charge in [-0.3, -0.25) is 4.79 Å². The molecule has 0 radical (unpaired) electrons. The van der Waals surface area contributed by atoms with E-state index in [1.165, 1.54) is 11.3 Å². The number of thiophene rings is 1. The molecule has 18 heavy (non-hydrogen) atoms. The van der Waals surface area contributed by atoms with Crippen LogP contribution in [0.1, 0.15) is 37.0 Å². The molecule has 1 aromatic heterocycles. The molecular formula is C13H23ClN2OS. The summed E-state index contributed by atoms with van der Waals surface area (Å²) in [5, 5.41) is 4.98. The Morgan fingerprint density at radius 1 is 1.28 bits per heavy atom. The second-order valence-electron chi connectivity index (χ2n) is 4.13. The van der Waals surface area contributed by atoms with E-state index >= 15 is 0 Å². The Labute approximate surface area is 120 Å². The van der Waals surface area contributed by atoms with Gasteiger partial charge in [-0.25, -0.2) is 0 Å². The van der Waals surface area contributed by atoms with Gasteiger partial charge in [0.05, 0.1) is 0 Å². The maximum atomic E-state index is 11.4. The van der Waals surface area contributed by atoms with E-state index in [1.807, 2.05) is 11.3 Å². The summed E-state index contributed by atoms with van der Waals surface area (Å²) in [4.78, 5) is 12.8. The Morgan fingerprint density at radius 2 is 2.11 bits per heavy atom. The smallest absolute Gasteiger partial charge is 0.219 e. The molecular weight excluding hydrogens is 268 g/mol. The SMILES string of the molecule is Cl.NCCCNC(=O)CCCCCc1cccs1. The lowest BCUT2D eigenvalue weighted by Crippen LogP contribution is -2.25. The van der Waals surface area contributed by atoms with Crippen LogP contribution in [0.2, 0.25) is 0 Å². The minimum absolute atomic E-state index is 0. The summed E-state index contributed by atoms with van der Waals surface area (Å²) in [5.74, 6) is 0.162. The number of unbranched alkanes of at least 4 members (excludes halogenated alkanes) is 2. The van der Waals surface area contributed by atoms with Gasteiger partial charge in [-0.15, -0.1) is 23.7 Å². The van der Waals surface area contributed by atoms with Crippen molar-refractivity contribution < 1.29 is 4.79 Å². The number of rotatable bonds is 9. The van der Waals surface area contributed by atoms with Gasteiger partial charge >= 0.3 is 0 Å². The molecule has 0 aliphatic rings. The van der Waals surface area contributed by atoms with Crippen molar-refractivity contribution in [2.24, 2.45) is 5.73 Å². The summed E-state index contributed by atoms with van der Waals surface area (Å²) in [6.07, 6.45) is 5.95. The van der Waals surface area contributed by atoms with Gasteiger partial charge < -0.3 is 11.1 Å². The maximum absolute atomic E-state index is 11.4. The van der Waals surface area contributed by atoms with Crippen molar-refractivity contribution in [1.82, 2.24) is 5.32 Å². The van der Waals surface area contributed by atoms with E-state index < -0.39 is 0 Å². The molecule has 0 unspecified atom stereocenters. The van der Waals surface area contributed by atoms with Crippen molar-refractivity contribution in [3.05, 3.63) is 22.4 Å². The van der Waals surface area contributed by atoms with Crippen molar-refractivity contribution in [2.75, 3.05) is 13.1 Å². The van der Waals surface area contributed by atoms with Crippen molar-refractivity contribution in [3.63, 3.8) is 0 Å². The summed E-state index contributed by atoms with van der Waals surface area (Å²) in [6.45, 7) is 1.35. The van der Waals surface area contributed by atoms with Crippen molar-refractivity contribution >= 4 is 29.7 Å². The maximum Gasteiger partial charge on any atom is 0.219 e. The molecule has 0 spiro atoms. The number of carbonyl (C=O) groups excluding carboxylic acids is 1. The second kappa shape index (κ2) is 11.5. The number of amides is 1. The Bertz CT molecular complexity index is 304. The lowest BCUT2D eigenvalue weighted by Gasteiger charge is -2.03. The zero-order chi connectivity index (χ0) is 12.3. The van der Waals surface area contributed by atoms with Crippen LogP contribution in [0.3, 0.4) is 0 Å². The summed E-state index contributed by atoms with van der Waals surface area (Å²) in [5.41, 5.74) is 5.35. The van der Waals surface area contributed by atoms with Gasteiger partial charge in [0.25, 0.3) is 0 Å². The average Bonchev–Trinajstić information content (AvgIpc) is 2.82. The monoisotopic (exact) mass is 290 g/mol. The lowest BCUT2D eigenvalue weighted by molar-refractivity contribution is -0.121. The van der Waals surface area contributed by atoms with E-state index in [0.717, 1.165) is 25.7 Å². The topological polar surface area (TPSA) is 55.1 Å². The van der Waals surface area contributed by atoms with Gasteiger partial charge in [-0.2, -0.15) is 0 Å². The minimum atomic E-state index is 0. The summed E-state index contributed by atoms with van der Waals surface area (Å²) in [7, 11) is 0. The molecule has 5 heteroatoms. The van der Waals surface area contributed by atoms with E-state index in [0.29, 0.717) is 19.5 Å². The molecule has 0 fully saturated rings. The van der Waals surface area contributed by atoms with Crippen LogP contribution in [-0.4, -0.2) is 19.0 Å². The largest absolute Gasteiger partial charge is 0.356 e. The highest BCUT2D eigenvalue weighted by Crippen LogP contribution is 2.13. The molecule has 3 nitrogen and oxygen atoms in total. The van der Waals surface area contributed by atoms with Gasteiger partial charge in [0.2, 0.25) is 5.91 Å². The Balaban J connectivity index is 0.00000289. The first kappa shape index (κ1) is 17.4. The summed E-state index contributed by atoms with van der Waals surface area (Å²) in [6, 6.07) is 4.26. The number of carbonyl (C=O) groups is 1. The third-order valence-corrected chi connectivity index (χ3v) is 3.55. The van der Waals surface area contributed by atoms with E-state index in [9.17, 15) is 4.79 Å². The molecule has 0 aromatic carbocycles. The van der Waals surface area contributed by atoms with Gasteiger partial charge in [-0.1, -0.05) is 12.5 Å². The van der Waals surface area contributed by atoms with Crippen LogP contribution in [0.4, 0.5) is 0 Å². The first-order valence-corrected chi connectivity index (χ1v) is 7.20. The number of halogens is 1. The highest BCUT2D eigenvalue weighted by molar-refractivity contribution is 7.09. The Hall–Kier alpha value is -0.580. The molecule has 104 valence electrons. The lowest BCUT2D eigenvalue weighted by atomic mass is 10.1. The van der Waals surface area contributed by atoms with Crippen LogP contribution in [0.25, 0.3) is 0 Å². The van der Waals surface area contributed by atoms with E-state index in [4.69, 9.17) is 5.73 Å². The first-order valence-electron chi connectivity index (χ1n) is 6.32. The molecule has 0 atom stereocenters. The fourth-order valence-corrected chi connectivity index (χ4v) is 2.39. The van der Waals surface area contributed by atoms with E-state index in [-0.39, 0.29) is 18.3 Å². The number of hydrogen-bond acceptors (Lipinski definition) is 3. The molecule has 1 aromatic rings. The van der Waals surface area contributed by atoms with E-state index in [2.05, 4.69) is 22.8 Å². The van der Waals surface area contributed by atoms with Gasteiger partial charge in [0, 0.05) is 17.8 Å². The first-order chi connectivity index (χ1) is 8.33. The van der Waals surface area contributed by atoms with Gasteiger partial charge in [-0.05, 0) is 43.7 Å². The molecule has 0 bridgehead atoms. The minimum Gasteiger partial charge on any atom is -0.356 e. The van der Waals surface area contributed by atoms with Crippen molar-refractivity contribution in [3.8, 4) is 0 Å². The molecule has 0 aliphatic carbocycles. The number of nitrogens with two attached hydrogens (primary N) is 1. The molecule has 3 N–H and O–H groups in total.